The molecule has 0 aliphatic heterocycles. The second kappa shape index (κ2) is 4.83. The van der Waals surface area contributed by atoms with E-state index in [9.17, 15) is 4.79 Å². The number of hydrogen-bond donors (Lipinski definition) is 1. The van der Waals surface area contributed by atoms with Crippen molar-refractivity contribution in [3.8, 4) is 0 Å². The Morgan fingerprint density at radius 2 is 2.18 bits per heavy atom. The first kappa shape index (κ1) is 11.4. The molecule has 0 aliphatic carbocycles. The van der Waals surface area contributed by atoms with Crippen molar-refractivity contribution in [3.05, 3.63) is 22.9 Å². The fraction of sp³-hybridized carbons (Fsp3) is 0.222. The van der Waals surface area contributed by atoms with Crippen LogP contribution in [-0.2, 0) is 0 Å². The number of nitrogens with zero attached hydrogens (tertiary/aromatic N) is 5. The highest BCUT2D eigenvalue weighted by Gasteiger charge is 2.10. The molecule has 1 amide bonds. The highest BCUT2D eigenvalue weighted by Crippen LogP contribution is 2.07. The van der Waals surface area contributed by atoms with E-state index in [0.29, 0.717) is 11.6 Å². The Bertz CT molecular complexity index is 512. The van der Waals surface area contributed by atoms with E-state index < -0.39 is 0 Å². The van der Waals surface area contributed by atoms with E-state index in [-0.39, 0.29) is 11.9 Å². The SMILES string of the molecule is CN(C)c1ncnc(NC(=O)c2cscn2)n1. The molecule has 0 unspecified atom stereocenters. The Kier molecular flexibility index (Phi) is 3.24. The molecular formula is C9H10N6OS. The monoisotopic (exact) mass is 250 g/mol. The summed E-state index contributed by atoms with van der Waals surface area (Å²) in [6, 6.07) is 0. The lowest BCUT2D eigenvalue weighted by atomic mass is 10.5. The van der Waals surface area contributed by atoms with Crippen molar-refractivity contribution in [2.75, 3.05) is 24.3 Å². The Morgan fingerprint density at radius 3 is 2.82 bits per heavy atom. The van der Waals surface area contributed by atoms with Gasteiger partial charge in [0.05, 0.1) is 5.51 Å². The van der Waals surface area contributed by atoms with Crippen LogP contribution in [0.25, 0.3) is 0 Å². The Balaban J connectivity index is 2.14. The van der Waals surface area contributed by atoms with Crippen molar-refractivity contribution in [1.29, 1.82) is 0 Å². The summed E-state index contributed by atoms with van der Waals surface area (Å²) in [5.41, 5.74) is 1.94. The van der Waals surface area contributed by atoms with Crippen molar-refractivity contribution < 1.29 is 4.79 Å². The highest BCUT2D eigenvalue weighted by molar-refractivity contribution is 7.07. The van der Waals surface area contributed by atoms with Crippen LogP contribution in [0.3, 0.4) is 0 Å². The third kappa shape index (κ3) is 2.72. The van der Waals surface area contributed by atoms with Gasteiger partial charge in [0.25, 0.3) is 5.91 Å². The third-order valence-corrected chi connectivity index (χ3v) is 2.44. The fourth-order valence-corrected chi connectivity index (χ4v) is 1.59. The van der Waals surface area contributed by atoms with Gasteiger partial charge in [0.2, 0.25) is 11.9 Å². The van der Waals surface area contributed by atoms with Crippen molar-refractivity contribution in [1.82, 2.24) is 19.9 Å². The van der Waals surface area contributed by atoms with Crippen molar-refractivity contribution in [2.45, 2.75) is 0 Å². The number of carbonyl (C=O) groups is 1. The number of aromatic nitrogens is 4. The molecule has 2 rings (SSSR count). The van der Waals surface area contributed by atoms with Gasteiger partial charge in [-0.05, 0) is 0 Å². The zero-order valence-corrected chi connectivity index (χ0v) is 10.1. The molecule has 17 heavy (non-hydrogen) atoms. The topological polar surface area (TPSA) is 83.9 Å². The number of carbonyl (C=O) groups excluding carboxylic acids is 1. The second-order valence-electron chi connectivity index (χ2n) is 3.33. The molecule has 0 radical (unpaired) electrons. The molecule has 0 aliphatic rings. The van der Waals surface area contributed by atoms with E-state index in [4.69, 9.17) is 0 Å². The first-order chi connectivity index (χ1) is 8.16. The van der Waals surface area contributed by atoms with Gasteiger partial charge in [-0.25, -0.2) is 15.0 Å². The minimum absolute atomic E-state index is 0.210. The molecular weight excluding hydrogens is 240 g/mol. The fourth-order valence-electron chi connectivity index (χ4n) is 1.05. The summed E-state index contributed by atoms with van der Waals surface area (Å²) < 4.78 is 0. The smallest absolute Gasteiger partial charge is 0.277 e. The minimum atomic E-state index is -0.331. The normalized spacial score (nSPS) is 10.0. The van der Waals surface area contributed by atoms with Gasteiger partial charge in [-0.15, -0.1) is 11.3 Å². The van der Waals surface area contributed by atoms with Crippen LogP contribution < -0.4 is 10.2 Å². The summed E-state index contributed by atoms with van der Waals surface area (Å²) >= 11 is 1.35. The predicted octanol–water partition coefficient (Wildman–Crippen LogP) is 0.646. The molecule has 0 atom stereocenters. The average Bonchev–Trinajstić information content (AvgIpc) is 2.82. The van der Waals surface area contributed by atoms with E-state index in [1.807, 2.05) is 0 Å². The molecule has 88 valence electrons. The van der Waals surface area contributed by atoms with Gasteiger partial charge in [0.15, 0.2) is 0 Å². The van der Waals surface area contributed by atoms with Gasteiger partial charge in [0, 0.05) is 19.5 Å². The van der Waals surface area contributed by atoms with Gasteiger partial charge in [-0.3, -0.25) is 10.1 Å². The summed E-state index contributed by atoms with van der Waals surface area (Å²) in [5.74, 6) is 0.359. The summed E-state index contributed by atoms with van der Waals surface area (Å²) in [6.07, 6.45) is 1.35. The average molecular weight is 250 g/mol. The molecule has 0 fully saturated rings. The maximum atomic E-state index is 11.7. The molecule has 0 aromatic carbocycles. The van der Waals surface area contributed by atoms with Crippen LogP contribution >= 0.6 is 11.3 Å². The molecule has 2 aromatic rings. The number of amides is 1. The zero-order valence-electron chi connectivity index (χ0n) is 9.28. The van der Waals surface area contributed by atoms with Crippen molar-refractivity contribution in [3.63, 3.8) is 0 Å². The molecule has 8 heteroatoms. The van der Waals surface area contributed by atoms with Crippen LogP contribution in [0, 0.1) is 0 Å². The summed E-state index contributed by atoms with van der Waals surface area (Å²) in [4.78, 5) is 29.2. The first-order valence-corrected chi connectivity index (χ1v) is 5.67. The number of rotatable bonds is 3. The molecule has 0 spiro atoms. The van der Waals surface area contributed by atoms with Crippen LogP contribution in [0.2, 0.25) is 0 Å². The molecule has 0 saturated carbocycles. The standard InChI is InChI=1S/C9H10N6OS/c1-15(2)9-11-4-10-8(14-9)13-7(16)6-3-17-5-12-6/h3-5H,1-2H3,(H,10,11,13,14,16). The Morgan fingerprint density at radius 1 is 1.35 bits per heavy atom. The molecule has 0 saturated heterocycles. The lowest BCUT2D eigenvalue weighted by Gasteiger charge is -2.09. The maximum absolute atomic E-state index is 11.7. The van der Waals surface area contributed by atoms with E-state index >= 15 is 0 Å². The molecule has 0 bridgehead atoms. The number of anilines is 2. The second-order valence-corrected chi connectivity index (χ2v) is 4.05. The van der Waals surface area contributed by atoms with E-state index in [0.717, 1.165) is 0 Å². The van der Waals surface area contributed by atoms with Crippen LogP contribution in [-0.4, -0.2) is 39.9 Å². The molecule has 2 heterocycles. The lowest BCUT2D eigenvalue weighted by Crippen LogP contribution is -2.18. The van der Waals surface area contributed by atoms with Crippen LogP contribution in [0.1, 0.15) is 10.5 Å². The largest absolute Gasteiger partial charge is 0.347 e. The zero-order chi connectivity index (χ0) is 12.3. The van der Waals surface area contributed by atoms with Crippen molar-refractivity contribution in [2.24, 2.45) is 0 Å². The summed E-state index contributed by atoms with van der Waals surface area (Å²) in [5, 5.41) is 4.21. The van der Waals surface area contributed by atoms with Crippen LogP contribution in [0.4, 0.5) is 11.9 Å². The van der Waals surface area contributed by atoms with Crippen LogP contribution in [0.15, 0.2) is 17.2 Å². The summed E-state index contributed by atoms with van der Waals surface area (Å²) in [6.45, 7) is 0. The molecule has 7 nitrogen and oxygen atoms in total. The first-order valence-electron chi connectivity index (χ1n) is 4.72. The van der Waals surface area contributed by atoms with E-state index in [2.05, 4.69) is 25.3 Å². The number of nitrogens with one attached hydrogen (secondary N) is 1. The predicted molar refractivity (Wildman–Crippen MR) is 64.2 cm³/mol. The Hall–Kier alpha value is -2.09. The van der Waals surface area contributed by atoms with Gasteiger partial charge in [-0.2, -0.15) is 4.98 Å². The highest BCUT2D eigenvalue weighted by atomic mass is 32.1. The lowest BCUT2D eigenvalue weighted by molar-refractivity contribution is 0.102. The van der Waals surface area contributed by atoms with E-state index in [1.54, 1.807) is 29.9 Å². The van der Waals surface area contributed by atoms with Gasteiger partial charge < -0.3 is 4.90 Å². The number of hydrogen-bond acceptors (Lipinski definition) is 7. The van der Waals surface area contributed by atoms with Gasteiger partial charge in [-0.1, -0.05) is 0 Å². The quantitative estimate of drug-likeness (QED) is 0.861. The Labute approximate surface area is 102 Å². The molecule has 2 aromatic heterocycles. The van der Waals surface area contributed by atoms with Gasteiger partial charge >= 0.3 is 0 Å². The van der Waals surface area contributed by atoms with E-state index in [1.165, 1.54) is 17.7 Å². The van der Waals surface area contributed by atoms with Crippen molar-refractivity contribution >= 4 is 29.1 Å². The minimum Gasteiger partial charge on any atom is -0.347 e. The maximum Gasteiger partial charge on any atom is 0.277 e. The third-order valence-electron chi connectivity index (χ3n) is 1.85. The molecule has 1 N–H and O–H groups in total. The summed E-state index contributed by atoms with van der Waals surface area (Å²) in [7, 11) is 3.61. The number of thiazole rings is 1. The van der Waals surface area contributed by atoms with Crippen LogP contribution in [0.5, 0.6) is 0 Å². The van der Waals surface area contributed by atoms with Gasteiger partial charge in [0.1, 0.15) is 12.0 Å².